The fraction of sp³-hybridized carbons (Fsp3) is 0.440. The summed E-state index contributed by atoms with van der Waals surface area (Å²) in [6.07, 6.45) is 4.37. The average molecular weight is 437 g/mol. The number of nitrogens with zero attached hydrogens (tertiary/aromatic N) is 2. The van der Waals surface area contributed by atoms with E-state index in [9.17, 15) is 9.59 Å². The zero-order valence-electron chi connectivity index (χ0n) is 18.3. The van der Waals surface area contributed by atoms with Gasteiger partial charge in [-0.15, -0.1) is 0 Å². The van der Waals surface area contributed by atoms with Gasteiger partial charge in [-0.25, -0.2) is 0 Å². The Morgan fingerprint density at radius 3 is 2.66 bits per heavy atom. The van der Waals surface area contributed by atoms with Crippen molar-refractivity contribution in [1.29, 1.82) is 0 Å². The van der Waals surface area contributed by atoms with E-state index in [1.807, 2.05) is 47.4 Å². The van der Waals surface area contributed by atoms with Crippen LogP contribution in [0, 0.1) is 5.92 Å². The van der Waals surface area contributed by atoms with E-state index in [0.29, 0.717) is 18.0 Å². The number of hydrogen-bond acceptors (Lipinski definition) is 5. The van der Waals surface area contributed by atoms with Gasteiger partial charge in [0, 0.05) is 31.3 Å². The largest absolute Gasteiger partial charge is 0.497 e. The molecule has 2 amide bonds. The van der Waals surface area contributed by atoms with Gasteiger partial charge in [0.1, 0.15) is 5.75 Å². The first-order valence-electron chi connectivity index (χ1n) is 11.3. The molecule has 0 unspecified atom stereocenters. The van der Waals surface area contributed by atoms with E-state index < -0.39 is 0 Å². The second-order valence-electron chi connectivity index (χ2n) is 8.61. The monoisotopic (exact) mass is 436 g/mol. The minimum atomic E-state index is -0.341. The van der Waals surface area contributed by atoms with Crippen LogP contribution in [0.3, 0.4) is 0 Å². The second kappa shape index (κ2) is 8.73. The van der Waals surface area contributed by atoms with Crippen molar-refractivity contribution in [2.45, 2.75) is 38.1 Å². The summed E-state index contributed by atoms with van der Waals surface area (Å²) in [5.74, 6) is 1.83. The summed E-state index contributed by atoms with van der Waals surface area (Å²) < 4.78 is 16.1. The normalized spacial score (nSPS) is 22.7. The van der Waals surface area contributed by atoms with E-state index in [-0.39, 0.29) is 37.0 Å². The molecule has 7 heteroatoms. The third kappa shape index (κ3) is 3.87. The number of methoxy groups -OCH3 is 1. The molecule has 0 aliphatic carbocycles. The predicted molar refractivity (Wildman–Crippen MR) is 119 cm³/mol. The average Bonchev–Trinajstić information content (AvgIpc) is 3.37. The highest BCUT2D eigenvalue weighted by Crippen LogP contribution is 2.38. The third-order valence-electron chi connectivity index (χ3n) is 6.68. The minimum absolute atomic E-state index is 0.0296. The van der Waals surface area contributed by atoms with Crippen molar-refractivity contribution >= 4 is 17.5 Å². The van der Waals surface area contributed by atoms with Gasteiger partial charge in [-0.3, -0.25) is 9.59 Å². The number of fused-ring (bicyclic) bond motifs is 1. The fourth-order valence-electron chi connectivity index (χ4n) is 4.95. The Labute approximate surface area is 187 Å². The molecule has 0 N–H and O–H groups in total. The van der Waals surface area contributed by atoms with Crippen LogP contribution in [0.15, 0.2) is 42.5 Å². The van der Waals surface area contributed by atoms with Crippen LogP contribution in [-0.4, -0.2) is 43.7 Å². The smallest absolute Gasteiger partial charge is 0.231 e. The highest BCUT2D eigenvalue weighted by atomic mass is 16.7. The fourth-order valence-corrected chi connectivity index (χ4v) is 4.95. The van der Waals surface area contributed by atoms with Crippen LogP contribution in [0.4, 0.5) is 5.69 Å². The minimum Gasteiger partial charge on any atom is -0.497 e. The van der Waals surface area contributed by atoms with Crippen molar-refractivity contribution in [2.75, 3.05) is 31.9 Å². The molecule has 0 aromatic heterocycles. The molecule has 0 spiro atoms. The van der Waals surface area contributed by atoms with E-state index >= 15 is 0 Å². The van der Waals surface area contributed by atoms with Crippen LogP contribution < -0.4 is 19.1 Å². The number of amides is 2. The molecule has 3 heterocycles. The molecule has 3 aliphatic rings. The summed E-state index contributed by atoms with van der Waals surface area (Å²) in [5, 5.41) is 0. The van der Waals surface area contributed by atoms with Gasteiger partial charge in [0.05, 0.1) is 19.1 Å². The summed E-state index contributed by atoms with van der Waals surface area (Å²) in [6.45, 7) is 1.31. The number of benzene rings is 2. The quantitative estimate of drug-likeness (QED) is 0.727. The van der Waals surface area contributed by atoms with E-state index in [0.717, 1.165) is 49.2 Å². The van der Waals surface area contributed by atoms with E-state index in [1.54, 1.807) is 12.0 Å². The molecule has 0 bridgehead atoms. The maximum absolute atomic E-state index is 13.6. The topological polar surface area (TPSA) is 68.3 Å². The lowest BCUT2D eigenvalue weighted by molar-refractivity contribution is -0.138. The lowest BCUT2D eigenvalue weighted by Gasteiger charge is -2.32. The molecule has 3 aliphatic heterocycles. The molecule has 168 valence electrons. The molecule has 5 rings (SSSR count). The summed E-state index contributed by atoms with van der Waals surface area (Å²) in [4.78, 5) is 30.2. The number of likely N-dealkylation sites (tertiary alicyclic amines) is 1. The zero-order valence-corrected chi connectivity index (χ0v) is 18.3. The first-order chi connectivity index (χ1) is 15.6. The van der Waals surface area contributed by atoms with E-state index in [4.69, 9.17) is 14.2 Å². The molecule has 0 radical (unpaired) electrons. The van der Waals surface area contributed by atoms with Crippen molar-refractivity contribution in [3.05, 3.63) is 48.0 Å². The van der Waals surface area contributed by atoms with Crippen molar-refractivity contribution in [2.24, 2.45) is 5.92 Å². The Hall–Kier alpha value is -3.22. The number of carbonyl (C=O) groups is 2. The molecule has 2 aromatic carbocycles. The van der Waals surface area contributed by atoms with Crippen LogP contribution in [0.5, 0.6) is 17.2 Å². The van der Waals surface area contributed by atoms with Crippen LogP contribution in [0.2, 0.25) is 0 Å². The van der Waals surface area contributed by atoms with Gasteiger partial charge in [-0.2, -0.15) is 0 Å². The Bertz CT molecular complexity index is 1010. The number of ether oxygens (including phenoxy) is 3. The van der Waals surface area contributed by atoms with E-state index in [2.05, 4.69) is 0 Å². The first-order valence-corrected chi connectivity index (χ1v) is 11.3. The van der Waals surface area contributed by atoms with Gasteiger partial charge >= 0.3 is 0 Å². The lowest BCUT2D eigenvalue weighted by Crippen LogP contribution is -2.40. The Balaban J connectivity index is 1.35. The SMILES string of the molecule is COc1ccc([C@@H]2CCCCCN2C(=O)[C@H]2CC(=O)N(c3ccc4c(c3)OCO4)C2)cc1. The Morgan fingerprint density at radius 1 is 1.03 bits per heavy atom. The maximum Gasteiger partial charge on any atom is 0.231 e. The molecule has 2 aromatic rings. The molecular weight excluding hydrogens is 408 g/mol. The summed E-state index contributed by atoms with van der Waals surface area (Å²) in [7, 11) is 1.65. The standard InChI is InChI=1S/C25H28N2O5/c1-30-20-9-6-17(7-10-20)21-5-3-2-4-12-26(21)25(29)18-13-24(28)27(15-18)19-8-11-22-23(14-19)32-16-31-22/h6-11,14,18,21H,2-5,12-13,15-16H2,1H3/t18-,21-/m0/s1. The maximum atomic E-state index is 13.6. The van der Waals surface area contributed by atoms with Crippen molar-refractivity contribution in [1.82, 2.24) is 4.90 Å². The van der Waals surface area contributed by atoms with Gasteiger partial charge in [-0.05, 0) is 42.7 Å². The van der Waals surface area contributed by atoms with Crippen molar-refractivity contribution in [3.63, 3.8) is 0 Å². The second-order valence-corrected chi connectivity index (χ2v) is 8.61. The van der Waals surface area contributed by atoms with Gasteiger partial charge < -0.3 is 24.0 Å². The molecule has 2 atom stereocenters. The van der Waals surface area contributed by atoms with E-state index in [1.165, 1.54) is 0 Å². The van der Waals surface area contributed by atoms with Gasteiger partial charge in [0.2, 0.25) is 18.6 Å². The zero-order chi connectivity index (χ0) is 22.1. The molecule has 7 nitrogen and oxygen atoms in total. The van der Waals surface area contributed by atoms with Gasteiger partial charge in [-0.1, -0.05) is 25.0 Å². The highest BCUT2D eigenvalue weighted by molar-refractivity contribution is 6.00. The van der Waals surface area contributed by atoms with Crippen molar-refractivity contribution in [3.8, 4) is 17.2 Å². The summed E-state index contributed by atoms with van der Waals surface area (Å²) in [5.41, 5.74) is 1.87. The number of carbonyl (C=O) groups excluding carboxylic acids is 2. The lowest BCUT2D eigenvalue weighted by atomic mass is 9.98. The molecular formula is C25H28N2O5. The van der Waals surface area contributed by atoms with Crippen LogP contribution in [0.1, 0.15) is 43.7 Å². The summed E-state index contributed by atoms with van der Waals surface area (Å²) >= 11 is 0. The van der Waals surface area contributed by atoms with Crippen molar-refractivity contribution < 1.29 is 23.8 Å². The number of rotatable bonds is 4. The number of anilines is 1. The van der Waals surface area contributed by atoms with Gasteiger partial charge in [0.25, 0.3) is 0 Å². The molecule has 2 saturated heterocycles. The molecule has 2 fully saturated rings. The van der Waals surface area contributed by atoms with Gasteiger partial charge in [0.15, 0.2) is 11.5 Å². The third-order valence-corrected chi connectivity index (χ3v) is 6.68. The highest BCUT2D eigenvalue weighted by Gasteiger charge is 2.39. The summed E-state index contributed by atoms with van der Waals surface area (Å²) in [6, 6.07) is 13.5. The molecule has 32 heavy (non-hydrogen) atoms. The first kappa shape index (κ1) is 20.7. The Morgan fingerprint density at radius 2 is 1.84 bits per heavy atom. The predicted octanol–water partition coefficient (Wildman–Crippen LogP) is 3.92. The van der Waals surface area contributed by atoms with Crippen LogP contribution in [-0.2, 0) is 9.59 Å². The Kier molecular flexibility index (Phi) is 5.64. The van der Waals surface area contributed by atoms with Crippen LogP contribution in [0.25, 0.3) is 0 Å². The number of hydrogen-bond donors (Lipinski definition) is 0. The van der Waals surface area contributed by atoms with Crippen LogP contribution >= 0.6 is 0 Å². The molecule has 0 saturated carbocycles.